The lowest BCUT2D eigenvalue weighted by Gasteiger charge is -2.05. The smallest absolute Gasteiger partial charge is 0.360 e. The molecule has 0 N–H and O–H groups in total. The highest BCUT2D eigenvalue weighted by Crippen LogP contribution is 2.37. The van der Waals surface area contributed by atoms with Crippen molar-refractivity contribution in [1.29, 1.82) is 0 Å². The Morgan fingerprint density at radius 1 is 1.03 bits per heavy atom. The maximum Gasteiger partial charge on any atom is 0.420 e. The van der Waals surface area contributed by atoms with Gasteiger partial charge < -0.3 is 14.6 Å². The van der Waals surface area contributed by atoms with Gasteiger partial charge in [-0.3, -0.25) is 0 Å². The van der Waals surface area contributed by atoms with Crippen LogP contribution in [0, 0.1) is 17.0 Å². The summed E-state index contributed by atoms with van der Waals surface area (Å²) in [7, 11) is 0. The van der Waals surface area contributed by atoms with Crippen molar-refractivity contribution in [3.05, 3.63) is 83.5 Å². The SMILES string of the molecule is Cc1onc(-c2c(Cl)cccc2Cl)c1C(=O)O/N=C(/c1c(Cl)cccc1Cl)[N+](=O)[O-]. The molecule has 0 unspecified atom stereocenters. The Hall–Kier alpha value is -2.65. The zero-order valence-electron chi connectivity index (χ0n) is 14.9. The summed E-state index contributed by atoms with van der Waals surface area (Å²) in [6.07, 6.45) is 0. The van der Waals surface area contributed by atoms with Gasteiger partial charge in [-0.25, -0.2) is 9.63 Å². The van der Waals surface area contributed by atoms with E-state index in [0.717, 1.165) is 0 Å². The third-order valence-corrected chi connectivity index (χ3v) is 5.10. The van der Waals surface area contributed by atoms with E-state index in [2.05, 4.69) is 10.3 Å². The van der Waals surface area contributed by atoms with Crippen molar-refractivity contribution < 1.29 is 19.1 Å². The number of halogens is 4. The van der Waals surface area contributed by atoms with Gasteiger partial charge in [0.05, 0.1) is 20.1 Å². The van der Waals surface area contributed by atoms with E-state index in [0.29, 0.717) is 0 Å². The van der Waals surface area contributed by atoms with Crippen LogP contribution in [-0.4, -0.2) is 21.9 Å². The minimum absolute atomic E-state index is 0.00160. The van der Waals surface area contributed by atoms with Crippen LogP contribution in [0.1, 0.15) is 21.7 Å². The number of hydrogen-bond donors (Lipinski definition) is 0. The molecule has 0 aliphatic heterocycles. The molecule has 154 valence electrons. The van der Waals surface area contributed by atoms with Gasteiger partial charge in [0.2, 0.25) is 0 Å². The largest absolute Gasteiger partial charge is 0.420 e. The molecule has 30 heavy (non-hydrogen) atoms. The molecule has 0 fully saturated rings. The van der Waals surface area contributed by atoms with Crippen LogP contribution in [0.3, 0.4) is 0 Å². The number of benzene rings is 2. The van der Waals surface area contributed by atoms with Crippen LogP contribution in [-0.2, 0) is 4.84 Å². The van der Waals surface area contributed by atoms with Gasteiger partial charge in [0.1, 0.15) is 22.6 Å². The first-order valence-electron chi connectivity index (χ1n) is 8.01. The summed E-state index contributed by atoms with van der Waals surface area (Å²) in [5, 5.41) is 18.9. The van der Waals surface area contributed by atoms with Gasteiger partial charge in [-0.15, -0.1) is 0 Å². The molecule has 3 aromatic rings. The van der Waals surface area contributed by atoms with E-state index in [1.54, 1.807) is 18.2 Å². The number of amidine groups is 1. The first-order chi connectivity index (χ1) is 14.2. The van der Waals surface area contributed by atoms with Crippen LogP contribution in [0.25, 0.3) is 11.3 Å². The van der Waals surface area contributed by atoms with Gasteiger partial charge in [-0.1, -0.05) is 63.7 Å². The quantitative estimate of drug-likeness (QED) is 0.145. The van der Waals surface area contributed by atoms with Gasteiger partial charge in [0.15, 0.2) is 5.16 Å². The number of oxime groups is 1. The highest BCUT2D eigenvalue weighted by Gasteiger charge is 2.30. The molecular weight excluding hydrogens is 480 g/mol. The average Bonchev–Trinajstić information content (AvgIpc) is 3.04. The van der Waals surface area contributed by atoms with Crippen molar-refractivity contribution >= 4 is 58.2 Å². The lowest BCUT2D eigenvalue weighted by molar-refractivity contribution is -0.350. The highest BCUT2D eigenvalue weighted by molar-refractivity contribution is 6.40. The van der Waals surface area contributed by atoms with E-state index in [-0.39, 0.29) is 48.2 Å². The summed E-state index contributed by atoms with van der Waals surface area (Å²) in [5.74, 6) is -1.87. The predicted octanol–water partition coefficient (Wildman–Crippen LogP) is 6.06. The van der Waals surface area contributed by atoms with Crippen molar-refractivity contribution in [2.24, 2.45) is 5.16 Å². The number of aryl methyl sites for hydroxylation is 1. The minimum Gasteiger partial charge on any atom is -0.360 e. The first-order valence-corrected chi connectivity index (χ1v) is 9.52. The summed E-state index contributed by atoms with van der Waals surface area (Å²) in [6, 6.07) is 8.96. The molecule has 3 rings (SSSR count). The summed E-state index contributed by atoms with van der Waals surface area (Å²) < 4.78 is 5.07. The lowest BCUT2D eigenvalue weighted by Crippen LogP contribution is -2.16. The maximum atomic E-state index is 12.7. The predicted molar refractivity (Wildman–Crippen MR) is 112 cm³/mol. The summed E-state index contributed by atoms with van der Waals surface area (Å²) in [5.41, 5.74) is -0.115. The Bertz CT molecular complexity index is 1150. The second-order valence-corrected chi connectivity index (χ2v) is 7.34. The maximum absolute atomic E-state index is 12.7. The third kappa shape index (κ3) is 4.27. The van der Waals surface area contributed by atoms with Crippen molar-refractivity contribution in [2.75, 3.05) is 0 Å². The molecule has 1 heterocycles. The highest BCUT2D eigenvalue weighted by atomic mass is 35.5. The summed E-state index contributed by atoms with van der Waals surface area (Å²) in [4.78, 5) is 28.0. The lowest BCUT2D eigenvalue weighted by atomic mass is 10.1. The molecule has 0 radical (unpaired) electrons. The van der Waals surface area contributed by atoms with Gasteiger partial charge in [-0.2, -0.15) is 0 Å². The molecule has 0 bridgehead atoms. The van der Waals surface area contributed by atoms with Crippen molar-refractivity contribution in [1.82, 2.24) is 5.16 Å². The Balaban J connectivity index is 2.03. The summed E-state index contributed by atoms with van der Waals surface area (Å²) >= 11 is 24.3. The minimum atomic E-state index is -1.08. The van der Waals surface area contributed by atoms with Crippen LogP contribution in [0.2, 0.25) is 20.1 Å². The Morgan fingerprint density at radius 3 is 2.10 bits per heavy atom. The van der Waals surface area contributed by atoms with Crippen LogP contribution in [0.4, 0.5) is 0 Å². The zero-order valence-corrected chi connectivity index (χ0v) is 17.9. The molecule has 1 aromatic heterocycles. The van der Waals surface area contributed by atoms with Crippen molar-refractivity contribution in [2.45, 2.75) is 6.92 Å². The molecular formula is C18H9Cl4N3O5. The van der Waals surface area contributed by atoms with E-state index >= 15 is 0 Å². The van der Waals surface area contributed by atoms with Crippen molar-refractivity contribution in [3.8, 4) is 11.3 Å². The monoisotopic (exact) mass is 487 g/mol. The number of nitro groups is 1. The van der Waals surface area contributed by atoms with Crippen LogP contribution in [0.15, 0.2) is 46.1 Å². The van der Waals surface area contributed by atoms with Crippen LogP contribution in [0.5, 0.6) is 0 Å². The van der Waals surface area contributed by atoms with Crippen molar-refractivity contribution in [3.63, 3.8) is 0 Å². The van der Waals surface area contributed by atoms with E-state index in [1.807, 2.05) is 0 Å². The normalized spacial score (nSPS) is 11.4. The fraction of sp³-hybridized carbons (Fsp3) is 0.0556. The molecule has 0 saturated heterocycles. The number of carbonyl (C=O) groups is 1. The molecule has 2 aromatic carbocycles. The molecule has 0 aliphatic rings. The number of hydrogen-bond acceptors (Lipinski definition) is 7. The molecule has 0 saturated carbocycles. The van der Waals surface area contributed by atoms with Crippen LogP contribution >= 0.6 is 46.4 Å². The number of nitrogens with zero attached hydrogens (tertiary/aromatic N) is 3. The second-order valence-electron chi connectivity index (χ2n) is 5.71. The third-order valence-electron chi connectivity index (χ3n) is 3.84. The number of carbonyl (C=O) groups excluding carboxylic acids is 1. The number of rotatable bonds is 4. The molecule has 0 atom stereocenters. The zero-order chi connectivity index (χ0) is 22.0. The second kappa shape index (κ2) is 9.01. The van der Waals surface area contributed by atoms with Gasteiger partial charge >= 0.3 is 11.8 Å². The summed E-state index contributed by atoms with van der Waals surface area (Å²) in [6.45, 7) is 1.45. The molecule has 0 spiro atoms. The van der Waals surface area contributed by atoms with E-state index < -0.39 is 16.7 Å². The number of aromatic nitrogens is 1. The van der Waals surface area contributed by atoms with Gasteiger partial charge in [0, 0.05) is 5.56 Å². The van der Waals surface area contributed by atoms with E-state index in [9.17, 15) is 14.9 Å². The Morgan fingerprint density at radius 2 is 1.57 bits per heavy atom. The van der Waals surface area contributed by atoms with E-state index in [1.165, 1.54) is 25.1 Å². The molecule has 8 nitrogen and oxygen atoms in total. The van der Waals surface area contributed by atoms with Crippen LogP contribution < -0.4 is 0 Å². The Kier molecular flexibility index (Phi) is 6.62. The van der Waals surface area contributed by atoms with E-state index in [4.69, 9.17) is 55.8 Å². The molecule has 0 amide bonds. The fourth-order valence-electron chi connectivity index (χ4n) is 2.52. The fourth-order valence-corrected chi connectivity index (χ4v) is 3.66. The van der Waals surface area contributed by atoms with Gasteiger partial charge in [0.25, 0.3) is 0 Å². The first kappa shape index (κ1) is 22.0. The molecule has 0 aliphatic carbocycles. The molecule has 12 heteroatoms. The average molecular weight is 489 g/mol. The Labute approximate surface area is 189 Å². The topological polar surface area (TPSA) is 108 Å². The standard InChI is InChI=1S/C18H9Cl4N3O5/c1-8-13(16(23-29-8)14-9(19)4-2-5-10(14)20)18(26)30-24-17(25(27)28)15-11(21)6-3-7-12(15)22/h2-7H,1H3/b24-17-. The van der Waals surface area contributed by atoms with Gasteiger partial charge in [-0.05, 0) is 36.1 Å².